The lowest BCUT2D eigenvalue weighted by molar-refractivity contribution is -0.138. The molecule has 1 atom stereocenters. The molecule has 10 heteroatoms. The van der Waals surface area contributed by atoms with Crippen LogP contribution in [0.25, 0.3) is 0 Å². The van der Waals surface area contributed by atoms with Gasteiger partial charge >= 0.3 is 6.18 Å². The van der Waals surface area contributed by atoms with Crippen molar-refractivity contribution in [2.45, 2.75) is 19.0 Å². The van der Waals surface area contributed by atoms with Crippen molar-refractivity contribution < 1.29 is 27.2 Å². The van der Waals surface area contributed by atoms with Crippen LogP contribution in [0, 0.1) is 22.7 Å². The Morgan fingerprint density at radius 2 is 1.91 bits per heavy atom. The zero-order chi connectivity index (χ0) is 24.7. The van der Waals surface area contributed by atoms with Gasteiger partial charge in [0.1, 0.15) is 6.26 Å². The Bertz CT molecular complexity index is 1110. The van der Waals surface area contributed by atoms with Gasteiger partial charge in [0.2, 0.25) is 5.91 Å². The summed E-state index contributed by atoms with van der Waals surface area (Å²) in [5, 5.41) is 9.10. The summed E-state index contributed by atoms with van der Waals surface area (Å²) in [5.74, 6) is -0.642. The van der Waals surface area contributed by atoms with Crippen LogP contribution in [0.4, 0.5) is 18.9 Å². The summed E-state index contributed by atoms with van der Waals surface area (Å²) < 4.78 is 45.6. The van der Waals surface area contributed by atoms with Crippen molar-refractivity contribution in [3.63, 3.8) is 0 Å². The molecule has 2 aliphatic rings. The number of anilines is 1. The van der Waals surface area contributed by atoms with Gasteiger partial charge in [0.05, 0.1) is 34.9 Å². The van der Waals surface area contributed by atoms with Gasteiger partial charge in [-0.3, -0.25) is 9.59 Å². The van der Waals surface area contributed by atoms with Crippen molar-refractivity contribution in [3.8, 4) is 6.07 Å². The van der Waals surface area contributed by atoms with Gasteiger partial charge in [-0.05, 0) is 37.1 Å². The summed E-state index contributed by atoms with van der Waals surface area (Å²) in [4.78, 5) is 30.9. The lowest BCUT2D eigenvalue weighted by Gasteiger charge is -2.42. The third kappa shape index (κ3) is 4.22. The van der Waals surface area contributed by atoms with Crippen LogP contribution in [-0.2, 0) is 11.0 Å². The number of rotatable bonds is 3. The number of hydrogen-bond donors (Lipinski definition) is 0. The highest BCUT2D eigenvalue weighted by atomic mass is 19.4. The fraction of sp³-hybridized carbons (Fsp3) is 0.458. The van der Waals surface area contributed by atoms with Crippen LogP contribution in [0.1, 0.15) is 34.3 Å². The van der Waals surface area contributed by atoms with Crippen molar-refractivity contribution >= 4 is 17.5 Å². The highest BCUT2D eigenvalue weighted by molar-refractivity contribution is 5.94. The summed E-state index contributed by atoms with van der Waals surface area (Å²) in [5.41, 5.74) is -1.10. The Morgan fingerprint density at radius 3 is 2.47 bits per heavy atom. The molecule has 4 rings (SSSR count). The standard InChI is InChI=1S/C24H25F3N4O3/c1-29(2)22(33)20-13-31(18-4-3-16(12-28)19(11-18)24(25,26)27)15-23(20)6-8-30(9-7-23)21(32)17-5-10-34-14-17/h3-5,10-11,14,20H,6-9,13,15H2,1-2H3. The summed E-state index contributed by atoms with van der Waals surface area (Å²) in [6.45, 7) is 1.55. The Balaban J connectivity index is 1.60. The number of carbonyl (C=O) groups is 2. The van der Waals surface area contributed by atoms with Gasteiger partial charge in [0.15, 0.2) is 0 Å². The molecule has 180 valence electrons. The van der Waals surface area contributed by atoms with Gasteiger partial charge in [0.25, 0.3) is 5.91 Å². The predicted molar refractivity (Wildman–Crippen MR) is 117 cm³/mol. The molecule has 2 saturated heterocycles. The molecule has 2 fully saturated rings. The molecule has 0 radical (unpaired) electrons. The molecular weight excluding hydrogens is 449 g/mol. The highest BCUT2D eigenvalue weighted by Gasteiger charge is 2.52. The first kappa shape index (κ1) is 23.7. The first-order chi connectivity index (χ1) is 16.1. The van der Waals surface area contributed by atoms with E-state index >= 15 is 0 Å². The van der Waals surface area contributed by atoms with Crippen LogP contribution in [0.2, 0.25) is 0 Å². The maximum absolute atomic E-state index is 13.5. The number of piperidine rings is 1. The molecule has 0 aliphatic carbocycles. The van der Waals surface area contributed by atoms with Crippen LogP contribution in [0.15, 0.2) is 41.2 Å². The van der Waals surface area contributed by atoms with Gasteiger partial charge in [-0.2, -0.15) is 18.4 Å². The summed E-state index contributed by atoms with van der Waals surface area (Å²) in [6, 6.07) is 6.88. The molecule has 34 heavy (non-hydrogen) atoms. The van der Waals surface area contributed by atoms with Crippen LogP contribution in [0.5, 0.6) is 0 Å². The van der Waals surface area contributed by atoms with Crippen molar-refractivity contribution in [2.75, 3.05) is 45.2 Å². The van der Waals surface area contributed by atoms with Crippen LogP contribution < -0.4 is 4.90 Å². The van der Waals surface area contributed by atoms with Gasteiger partial charge in [-0.25, -0.2) is 0 Å². The first-order valence-electron chi connectivity index (χ1n) is 10.9. The van der Waals surface area contributed by atoms with E-state index in [-0.39, 0.29) is 18.4 Å². The Labute approximate surface area is 195 Å². The van der Waals surface area contributed by atoms with Gasteiger partial charge in [-0.1, -0.05) is 0 Å². The number of amides is 2. The van der Waals surface area contributed by atoms with E-state index in [4.69, 9.17) is 9.68 Å². The zero-order valence-corrected chi connectivity index (χ0v) is 18.9. The summed E-state index contributed by atoms with van der Waals surface area (Å²) in [7, 11) is 3.33. The van der Waals surface area contributed by atoms with E-state index < -0.39 is 28.6 Å². The number of nitrogens with zero attached hydrogens (tertiary/aromatic N) is 4. The maximum Gasteiger partial charge on any atom is 0.417 e. The van der Waals surface area contributed by atoms with Crippen LogP contribution in [-0.4, -0.2) is 61.9 Å². The number of benzene rings is 1. The molecule has 1 unspecified atom stereocenters. The molecule has 2 aromatic rings. The minimum atomic E-state index is -4.66. The van der Waals surface area contributed by atoms with Crippen molar-refractivity contribution in [1.29, 1.82) is 5.26 Å². The van der Waals surface area contributed by atoms with E-state index in [1.54, 1.807) is 36.0 Å². The van der Waals surface area contributed by atoms with Crippen LogP contribution in [0.3, 0.4) is 0 Å². The average Bonchev–Trinajstić information content (AvgIpc) is 3.46. The van der Waals surface area contributed by atoms with E-state index in [1.165, 1.54) is 29.6 Å². The number of likely N-dealkylation sites (tertiary alicyclic amines) is 1. The highest BCUT2D eigenvalue weighted by Crippen LogP contribution is 2.47. The fourth-order valence-corrected chi connectivity index (χ4v) is 5.11. The minimum Gasteiger partial charge on any atom is -0.472 e. The fourth-order valence-electron chi connectivity index (χ4n) is 5.11. The molecule has 0 saturated carbocycles. The Hall–Kier alpha value is -3.48. The van der Waals surface area contributed by atoms with Gasteiger partial charge < -0.3 is 19.1 Å². The van der Waals surface area contributed by atoms with Gasteiger partial charge in [0, 0.05) is 51.4 Å². The van der Waals surface area contributed by atoms with Crippen molar-refractivity contribution in [2.24, 2.45) is 11.3 Å². The van der Waals surface area contributed by atoms with E-state index in [0.29, 0.717) is 43.7 Å². The van der Waals surface area contributed by atoms with E-state index in [1.807, 2.05) is 0 Å². The smallest absolute Gasteiger partial charge is 0.417 e. The second-order valence-electron chi connectivity index (χ2n) is 9.17. The van der Waals surface area contributed by atoms with Crippen molar-refractivity contribution in [1.82, 2.24) is 9.80 Å². The second kappa shape index (κ2) is 8.70. The SMILES string of the molecule is CN(C)C(=O)C1CN(c2ccc(C#N)c(C(F)(F)F)c2)CC12CCN(C(=O)c1ccoc1)CC2. The molecule has 3 heterocycles. The summed E-state index contributed by atoms with van der Waals surface area (Å²) in [6.07, 6.45) is -0.715. The molecule has 0 N–H and O–H groups in total. The van der Waals surface area contributed by atoms with Gasteiger partial charge in [-0.15, -0.1) is 0 Å². The monoisotopic (exact) mass is 474 g/mol. The quantitative estimate of drug-likeness (QED) is 0.679. The predicted octanol–water partition coefficient (Wildman–Crippen LogP) is 3.62. The Kier molecular flexibility index (Phi) is 6.06. The molecule has 1 aromatic heterocycles. The van der Waals surface area contributed by atoms with Crippen LogP contribution >= 0.6 is 0 Å². The zero-order valence-electron chi connectivity index (χ0n) is 18.9. The molecule has 2 aliphatic heterocycles. The molecule has 1 aromatic carbocycles. The molecule has 7 nitrogen and oxygen atoms in total. The van der Waals surface area contributed by atoms with Crippen molar-refractivity contribution in [3.05, 3.63) is 53.5 Å². The second-order valence-corrected chi connectivity index (χ2v) is 9.17. The number of nitriles is 1. The third-order valence-corrected chi connectivity index (χ3v) is 7.00. The topological polar surface area (TPSA) is 80.8 Å². The third-order valence-electron chi connectivity index (χ3n) is 7.00. The number of halogens is 3. The number of hydrogen-bond acceptors (Lipinski definition) is 5. The maximum atomic E-state index is 13.5. The number of furan rings is 1. The minimum absolute atomic E-state index is 0.0817. The molecule has 2 amide bonds. The van der Waals surface area contributed by atoms with E-state index in [9.17, 15) is 22.8 Å². The lowest BCUT2D eigenvalue weighted by Crippen LogP contribution is -2.49. The Morgan fingerprint density at radius 1 is 1.21 bits per heavy atom. The summed E-state index contributed by atoms with van der Waals surface area (Å²) >= 11 is 0. The average molecular weight is 474 g/mol. The number of carbonyl (C=O) groups excluding carboxylic acids is 2. The molecule has 0 bridgehead atoms. The first-order valence-corrected chi connectivity index (χ1v) is 10.9. The molecule has 1 spiro atoms. The van der Waals surface area contributed by atoms with E-state index in [0.717, 1.165) is 6.07 Å². The largest absolute Gasteiger partial charge is 0.472 e. The number of alkyl halides is 3. The lowest BCUT2D eigenvalue weighted by atomic mass is 9.70. The van der Waals surface area contributed by atoms with E-state index in [2.05, 4.69) is 0 Å². The normalized spacial score (nSPS) is 19.8. The molecular formula is C24H25F3N4O3.